The maximum Gasteiger partial charge on any atom is 0.171 e. The molecule has 6 nitrogen and oxygen atoms in total. The first-order valence-corrected chi connectivity index (χ1v) is 9.68. The fourth-order valence-electron chi connectivity index (χ4n) is 4.15. The number of nitrogens with zero attached hydrogens (tertiary/aromatic N) is 3. The molecule has 3 heterocycles. The molecule has 2 aliphatic rings. The van der Waals surface area contributed by atoms with Gasteiger partial charge in [-0.15, -0.1) is 0 Å². The Balaban J connectivity index is 1.54. The van der Waals surface area contributed by atoms with Gasteiger partial charge in [-0.05, 0) is 38.8 Å². The Kier molecular flexibility index (Phi) is 4.78. The SMILES string of the molecule is Cc1cc(C)c(Nc2cc(N3CCC4(CC3)OCCO4)nc(C)n2)c(C)c1. The Hall–Kier alpha value is -2.18. The predicted molar refractivity (Wildman–Crippen MR) is 107 cm³/mol. The molecule has 0 unspecified atom stereocenters. The number of anilines is 3. The molecule has 0 saturated carbocycles. The summed E-state index contributed by atoms with van der Waals surface area (Å²) in [7, 11) is 0. The first-order chi connectivity index (χ1) is 12.9. The quantitative estimate of drug-likeness (QED) is 0.889. The number of hydrogen-bond acceptors (Lipinski definition) is 6. The maximum atomic E-state index is 5.83. The van der Waals surface area contributed by atoms with E-state index >= 15 is 0 Å². The second kappa shape index (κ2) is 7.09. The summed E-state index contributed by atoms with van der Waals surface area (Å²) in [5, 5.41) is 3.51. The van der Waals surface area contributed by atoms with E-state index in [1.807, 2.05) is 13.0 Å². The summed E-state index contributed by atoms with van der Waals surface area (Å²) in [6.07, 6.45) is 1.74. The predicted octanol–water partition coefficient (Wildman–Crippen LogP) is 3.80. The van der Waals surface area contributed by atoms with E-state index in [2.05, 4.69) is 53.1 Å². The van der Waals surface area contributed by atoms with Gasteiger partial charge < -0.3 is 19.7 Å². The fourth-order valence-corrected chi connectivity index (χ4v) is 4.15. The van der Waals surface area contributed by atoms with Crippen LogP contribution in [0.1, 0.15) is 35.4 Å². The van der Waals surface area contributed by atoms with Crippen molar-refractivity contribution in [3.63, 3.8) is 0 Å². The van der Waals surface area contributed by atoms with Crippen LogP contribution in [0.3, 0.4) is 0 Å². The topological polar surface area (TPSA) is 59.5 Å². The van der Waals surface area contributed by atoms with E-state index in [0.29, 0.717) is 13.2 Å². The van der Waals surface area contributed by atoms with Crippen LogP contribution in [-0.2, 0) is 9.47 Å². The van der Waals surface area contributed by atoms with Crippen molar-refractivity contribution in [2.45, 2.75) is 46.3 Å². The van der Waals surface area contributed by atoms with Crippen molar-refractivity contribution < 1.29 is 9.47 Å². The standard InChI is InChI=1S/C21H28N4O2/c1-14-11-15(2)20(16(3)12-14)24-18-13-19(23-17(4)22-18)25-7-5-21(6-8-25)26-9-10-27-21/h11-13H,5-10H2,1-4H3,(H,22,23,24). The van der Waals surface area contributed by atoms with Crippen molar-refractivity contribution in [3.8, 4) is 0 Å². The number of piperidine rings is 1. The van der Waals surface area contributed by atoms with Gasteiger partial charge in [0.1, 0.15) is 17.5 Å². The van der Waals surface area contributed by atoms with Crippen LogP contribution in [-0.4, -0.2) is 42.1 Å². The highest BCUT2D eigenvalue weighted by atomic mass is 16.7. The monoisotopic (exact) mass is 368 g/mol. The minimum absolute atomic E-state index is 0.365. The Morgan fingerprint density at radius 1 is 0.926 bits per heavy atom. The van der Waals surface area contributed by atoms with Crippen LogP contribution in [0.25, 0.3) is 0 Å². The minimum Gasteiger partial charge on any atom is -0.356 e. The molecule has 0 amide bonds. The lowest BCUT2D eigenvalue weighted by Gasteiger charge is -2.38. The van der Waals surface area contributed by atoms with Gasteiger partial charge in [-0.25, -0.2) is 9.97 Å². The van der Waals surface area contributed by atoms with Crippen molar-refractivity contribution >= 4 is 17.3 Å². The number of aryl methyl sites for hydroxylation is 4. The zero-order valence-electron chi connectivity index (χ0n) is 16.6. The molecule has 144 valence electrons. The van der Waals surface area contributed by atoms with Crippen molar-refractivity contribution in [1.82, 2.24) is 9.97 Å². The van der Waals surface area contributed by atoms with Gasteiger partial charge in [0.15, 0.2) is 5.79 Å². The lowest BCUT2D eigenvalue weighted by atomic mass is 10.0. The van der Waals surface area contributed by atoms with E-state index in [0.717, 1.165) is 49.1 Å². The molecule has 2 saturated heterocycles. The molecule has 2 fully saturated rings. The molecule has 0 aliphatic carbocycles. The maximum absolute atomic E-state index is 5.83. The molecular formula is C21H28N4O2. The third-order valence-corrected chi connectivity index (χ3v) is 5.42. The van der Waals surface area contributed by atoms with E-state index in [4.69, 9.17) is 9.47 Å². The van der Waals surface area contributed by atoms with Gasteiger partial charge >= 0.3 is 0 Å². The normalized spacial score (nSPS) is 18.9. The molecule has 2 aliphatic heterocycles. The first-order valence-electron chi connectivity index (χ1n) is 9.68. The van der Waals surface area contributed by atoms with Crippen molar-refractivity contribution in [2.24, 2.45) is 0 Å². The Labute approximate surface area is 160 Å². The van der Waals surface area contributed by atoms with Crippen molar-refractivity contribution in [1.29, 1.82) is 0 Å². The van der Waals surface area contributed by atoms with Crippen LogP contribution in [0.5, 0.6) is 0 Å². The van der Waals surface area contributed by atoms with E-state index in [1.54, 1.807) is 0 Å². The minimum atomic E-state index is -0.365. The van der Waals surface area contributed by atoms with Gasteiger partial charge in [-0.3, -0.25) is 0 Å². The van der Waals surface area contributed by atoms with Crippen LogP contribution in [0, 0.1) is 27.7 Å². The van der Waals surface area contributed by atoms with Gasteiger partial charge in [-0.2, -0.15) is 0 Å². The number of benzene rings is 1. The van der Waals surface area contributed by atoms with E-state index < -0.39 is 0 Å². The molecule has 0 radical (unpaired) electrons. The number of nitrogens with one attached hydrogen (secondary N) is 1. The average molecular weight is 368 g/mol. The molecule has 4 rings (SSSR count). The summed E-state index contributed by atoms with van der Waals surface area (Å²) < 4.78 is 11.7. The molecule has 1 aromatic heterocycles. The summed E-state index contributed by atoms with van der Waals surface area (Å²) in [5.74, 6) is 2.20. The molecule has 1 spiro atoms. The van der Waals surface area contributed by atoms with Crippen molar-refractivity contribution in [2.75, 3.05) is 36.5 Å². The lowest BCUT2D eigenvalue weighted by Crippen LogP contribution is -2.45. The van der Waals surface area contributed by atoms with Gasteiger partial charge in [0.05, 0.1) is 13.2 Å². The molecule has 0 bridgehead atoms. The number of ether oxygens (including phenoxy) is 2. The highest BCUT2D eigenvalue weighted by molar-refractivity contribution is 5.66. The summed E-state index contributed by atoms with van der Waals surface area (Å²) in [5.41, 5.74) is 4.84. The fraction of sp³-hybridized carbons (Fsp3) is 0.524. The molecule has 0 atom stereocenters. The van der Waals surface area contributed by atoms with E-state index in [9.17, 15) is 0 Å². The van der Waals surface area contributed by atoms with Crippen molar-refractivity contribution in [3.05, 3.63) is 40.7 Å². The molecule has 2 aromatic rings. The highest BCUT2D eigenvalue weighted by Gasteiger charge is 2.40. The third-order valence-electron chi connectivity index (χ3n) is 5.42. The number of hydrogen-bond donors (Lipinski definition) is 1. The zero-order chi connectivity index (χ0) is 19.0. The highest BCUT2D eigenvalue weighted by Crippen LogP contribution is 2.33. The second-order valence-electron chi connectivity index (χ2n) is 7.65. The van der Waals surface area contributed by atoms with Gasteiger partial charge in [0.2, 0.25) is 0 Å². The van der Waals surface area contributed by atoms with Crippen LogP contribution in [0.2, 0.25) is 0 Å². The average Bonchev–Trinajstić information content (AvgIpc) is 3.06. The zero-order valence-corrected chi connectivity index (χ0v) is 16.6. The summed E-state index contributed by atoms with van der Waals surface area (Å²) >= 11 is 0. The summed E-state index contributed by atoms with van der Waals surface area (Å²) in [6, 6.07) is 6.42. The molecule has 27 heavy (non-hydrogen) atoms. The summed E-state index contributed by atoms with van der Waals surface area (Å²) in [4.78, 5) is 11.6. The van der Waals surface area contributed by atoms with Crippen LogP contribution >= 0.6 is 0 Å². The van der Waals surface area contributed by atoms with Crippen LogP contribution < -0.4 is 10.2 Å². The lowest BCUT2D eigenvalue weighted by molar-refractivity contribution is -0.169. The Morgan fingerprint density at radius 3 is 2.19 bits per heavy atom. The largest absolute Gasteiger partial charge is 0.356 e. The van der Waals surface area contributed by atoms with E-state index in [1.165, 1.54) is 16.7 Å². The second-order valence-corrected chi connectivity index (χ2v) is 7.65. The molecule has 6 heteroatoms. The Morgan fingerprint density at radius 2 is 1.56 bits per heavy atom. The van der Waals surface area contributed by atoms with Gasteiger partial charge in [0, 0.05) is 37.7 Å². The molecular weight excluding hydrogens is 340 g/mol. The molecule has 1 aromatic carbocycles. The Bertz CT molecular complexity index is 813. The number of aromatic nitrogens is 2. The molecule has 1 N–H and O–H groups in total. The third kappa shape index (κ3) is 3.77. The smallest absolute Gasteiger partial charge is 0.171 e. The summed E-state index contributed by atoms with van der Waals surface area (Å²) in [6.45, 7) is 11.5. The first kappa shape index (κ1) is 18.2. The van der Waals surface area contributed by atoms with Crippen LogP contribution in [0.15, 0.2) is 18.2 Å². The van der Waals surface area contributed by atoms with Gasteiger partial charge in [-0.1, -0.05) is 17.7 Å². The van der Waals surface area contributed by atoms with E-state index in [-0.39, 0.29) is 5.79 Å². The number of rotatable bonds is 3. The van der Waals surface area contributed by atoms with Gasteiger partial charge in [0.25, 0.3) is 0 Å². The van der Waals surface area contributed by atoms with Crippen LogP contribution in [0.4, 0.5) is 17.3 Å².